The maximum atomic E-state index is 12.9. The van der Waals surface area contributed by atoms with Crippen LogP contribution in [0, 0.1) is 5.92 Å². The lowest BCUT2D eigenvalue weighted by atomic mass is 9.91. The molecule has 0 spiro atoms. The van der Waals surface area contributed by atoms with Crippen molar-refractivity contribution in [3.63, 3.8) is 0 Å². The van der Waals surface area contributed by atoms with Crippen LogP contribution in [0.3, 0.4) is 0 Å². The molecule has 0 saturated carbocycles. The summed E-state index contributed by atoms with van der Waals surface area (Å²) < 4.78 is 68.5. The summed E-state index contributed by atoms with van der Waals surface area (Å²) in [5.41, 5.74) is -1.80. The maximum absolute atomic E-state index is 12.9. The minimum absolute atomic E-state index is 0.0873. The van der Waals surface area contributed by atoms with E-state index in [-0.39, 0.29) is 11.7 Å². The van der Waals surface area contributed by atoms with Crippen molar-refractivity contribution in [1.82, 2.24) is 9.55 Å². The fraction of sp³-hybridized carbons (Fsp3) is 0.350. The summed E-state index contributed by atoms with van der Waals surface area (Å²) in [6.07, 6.45) is 2.67. The summed E-state index contributed by atoms with van der Waals surface area (Å²) in [4.78, 5) is 5.53. The van der Waals surface area contributed by atoms with E-state index in [1.807, 2.05) is 35.9 Å². The van der Waals surface area contributed by atoms with Crippen LogP contribution in [0.4, 0.5) is 13.2 Å². The number of hydrogen-bond donors (Lipinski definition) is 0. The van der Waals surface area contributed by atoms with E-state index in [9.17, 15) is 21.6 Å². The second-order valence-corrected chi connectivity index (χ2v) is 10.0. The third-order valence-electron chi connectivity index (χ3n) is 4.87. The molecule has 2 aromatic heterocycles. The molecular formula is C20H19F3N2O3S2. The van der Waals surface area contributed by atoms with E-state index in [0.29, 0.717) is 24.9 Å². The molecule has 4 rings (SSSR count). The molecule has 3 heterocycles. The lowest BCUT2D eigenvalue weighted by Crippen LogP contribution is -2.28. The van der Waals surface area contributed by atoms with E-state index in [2.05, 4.69) is 9.17 Å². The van der Waals surface area contributed by atoms with Gasteiger partial charge < -0.3 is 8.75 Å². The first-order chi connectivity index (χ1) is 14.1. The van der Waals surface area contributed by atoms with Crippen LogP contribution < -0.4 is 4.18 Å². The molecule has 0 bridgehead atoms. The third kappa shape index (κ3) is 3.74. The molecule has 0 N–H and O–H groups in total. The zero-order chi connectivity index (χ0) is 21.7. The van der Waals surface area contributed by atoms with Gasteiger partial charge in [-0.05, 0) is 53.5 Å². The Kier molecular flexibility index (Phi) is 5.17. The number of fused-ring (bicyclic) bond motifs is 3. The number of rotatable bonds is 5. The molecule has 0 saturated heterocycles. The van der Waals surface area contributed by atoms with Crippen LogP contribution in [0.5, 0.6) is 5.75 Å². The highest BCUT2D eigenvalue weighted by molar-refractivity contribution is 7.88. The van der Waals surface area contributed by atoms with Crippen molar-refractivity contribution in [3.05, 3.63) is 47.1 Å². The minimum Gasteiger partial charge on any atom is -0.376 e. The quantitative estimate of drug-likeness (QED) is 0.388. The normalized spacial score (nSPS) is 13.9. The number of hydrogen-bond acceptors (Lipinski definition) is 5. The van der Waals surface area contributed by atoms with Crippen LogP contribution in [0.15, 0.2) is 36.0 Å². The molecule has 160 valence electrons. The van der Waals surface area contributed by atoms with E-state index in [0.717, 1.165) is 27.4 Å². The summed E-state index contributed by atoms with van der Waals surface area (Å²) in [6, 6.07) is 7.08. The first-order valence-corrected chi connectivity index (χ1v) is 11.6. The second-order valence-electron chi connectivity index (χ2n) is 7.56. The van der Waals surface area contributed by atoms with Crippen LogP contribution >= 0.6 is 11.3 Å². The van der Waals surface area contributed by atoms with E-state index in [1.165, 1.54) is 6.07 Å². The molecule has 1 aliphatic heterocycles. The molecule has 0 fully saturated rings. The summed E-state index contributed by atoms with van der Waals surface area (Å²) in [5, 5.41) is 1.95. The largest absolute Gasteiger partial charge is 0.534 e. The molecule has 5 nitrogen and oxygen atoms in total. The molecule has 0 atom stereocenters. The average molecular weight is 457 g/mol. The van der Waals surface area contributed by atoms with Gasteiger partial charge in [0.25, 0.3) is 0 Å². The van der Waals surface area contributed by atoms with Gasteiger partial charge in [-0.2, -0.15) is 21.6 Å². The standard InChI is InChI=1S/C20H19F3N2O3S2/c1-12(2)8-14-9-15-13(10-16(14)28-30(26,27)20(21,22)23)5-6-25-11-24-18(19(15)25)17-4-3-7-29-17/h3-4,7,9-12H,5-6,8H2,1-2H3. The summed E-state index contributed by atoms with van der Waals surface area (Å²) in [6.45, 7) is 4.40. The first-order valence-electron chi connectivity index (χ1n) is 9.32. The molecule has 10 heteroatoms. The number of imidazole rings is 1. The Balaban J connectivity index is 1.86. The van der Waals surface area contributed by atoms with Crippen molar-refractivity contribution in [3.8, 4) is 27.6 Å². The third-order valence-corrected chi connectivity index (χ3v) is 6.71. The fourth-order valence-corrected chi connectivity index (χ4v) is 4.81. The number of benzene rings is 1. The van der Waals surface area contributed by atoms with Gasteiger partial charge >= 0.3 is 15.6 Å². The Labute approximate surface area is 176 Å². The van der Waals surface area contributed by atoms with Gasteiger partial charge in [0.2, 0.25) is 0 Å². The predicted molar refractivity (Wildman–Crippen MR) is 109 cm³/mol. The minimum atomic E-state index is -5.74. The highest BCUT2D eigenvalue weighted by Gasteiger charge is 2.49. The first kappa shape index (κ1) is 20.9. The number of aromatic nitrogens is 2. The summed E-state index contributed by atoms with van der Waals surface area (Å²) >= 11 is 1.55. The van der Waals surface area contributed by atoms with E-state index < -0.39 is 15.6 Å². The molecule has 1 aromatic carbocycles. The molecular weight excluding hydrogens is 437 g/mol. The number of nitrogens with zero attached hydrogens (tertiary/aromatic N) is 2. The number of aryl methyl sites for hydroxylation is 2. The second kappa shape index (κ2) is 7.42. The fourth-order valence-electron chi connectivity index (χ4n) is 3.61. The Morgan fingerprint density at radius 1 is 1.30 bits per heavy atom. The highest BCUT2D eigenvalue weighted by atomic mass is 32.2. The van der Waals surface area contributed by atoms with Crippen molar-refractivity contribution >= 4 is 21.5 Å². The summed E-state index contributed by atoms with van der Waals surface area (Å²) in [5.74, 6) is -0.172. The number of halogens is 3. The van der Waals surface area contributed by atoms with Crippen molar-refractivity contribution in [1.29, 1.82) is 0 Å². The lowest BCUT2D eigenvalue weighted by molar-refractivity contribution is -0.0500. The zero-order valence-corrected chi connectivity index (χ0v) is 17.9. The van der Waals surface area contributed by atoms with E-state index in [1.54, 1.807) is 23.7 Å². The average Bonchev–Trinajstić information content (AvgIpc) is 3.29. The van der Waals surface area contributed by atoms with Gasteiger partial charge in [0.1, 0.15) is 11.4 Å². The SMILES string of the molecule is CC(C)Cc1cc2c(cc1OS(=O)(=O)C(F)(F)F)CCn1cnc(-c3cccs3)c1-2. The Morgan fingerprint density at radius 3 is 2.70 bits per heavy atom. The molecule has 1 aliphatic rings. The zero-order valence-electron chi connectivity index (χ0n) is 16.2. The van der Waals surface area contributed by atoms with Gasteiger partial charge in [-0.1, -0.05) is 19.9 Å². The van der Waals surface area contributed by atoms with Gasteiger partial charge in [-0.25, -0.2) is 4.98 Å². The van der Waals surface area contributed by atoms with Gasteiger partial charge in [-0.3, -0.25) is 0 Å². The van der Waals surface area contributed by atoms with Crippen LogP contribution in [-0.4, -0.2) is 23.5 Å². The molecule has 0 amide bonds. The van der Waals surface area contributed by atoms with Gasteiger partial charge in [0.15, 0.2) is 0 Å². The number of alkyl halides is 3. The van der Waals surface area contributed by atoms with Gasteiger partial charge in [0.05, 0.1) is 16.9 Å². The van der Waals surface area contributed by atoms with E-state index in [4.69, 9.17) is 0 Å². The van der Waals surface area contributed by atoms with Crippen molar-refractivity contribution in [2.75, 3.05) is 0 Å². The lowest BCUT2D eigenvalue weighted by Gasteiger charge is -2.23. The van der Waals surface area contributed by atoms with Crippen molar-refractivity contribution in [2.24, 2.45) is 5.92 Å². The molecule has 30 heavy (non-hydrogen) atoms. The Morgan fingerprint density at radius 2 is 2.07 bits per heavy atom. The predicted octanol–water partition coefficient (Wildman–Crippen LogP) is 5.26. The summed E-state index contributed by atoms with van der Waals surface area (Å²) in [7, 11) is -5.74. The van der Waals surface area contributed by atoms with Crippen molar-refractivity contribution in [2.45, 2.75) is 38.7 Å². The monoisotopic (exact) mass is 456 g/mol. The maximum Gasteiger partial charge on any atom is 0.534 e. The van der Waals surface area contributed by atoms with Gasteiger partial charge in [-0.15, -0.1) is 11.3 Å². The molecule has 3 aromatic rings. The van der Waals surface area contributed by atoms with Crippen LogP contribution in [0.2, 0.25) is 0 Å². The molecule has 0 radical (unpaired) electrons. The smallest absolute Gasteiger partial charge is 0.376 e. The van der Waals surface area contributed by atoms with Gasteiger partial charge in [0, 0.05) is 12.1 Å². The van der Waals surface area contributed by atoms with Crippen LogP contribution in [0.1, 0.15) is 25.0 Å². The molecule has 0 unspecified atom stereocenters. The van der Waals surface area contributed by atoms with E-state index >= 15 is 0 Å². The van der Waals surface area contributed by atoms with Crippen LogP contribution in [-0.2, 0) is 29.5 Å². The highest BCUT2D eigenvalue weighted by Crippen LogP contribution is 2.42. The molecule has 0 aliphatic carbocycles. The Bertz CT molecular complexity index is 1180. The van der Waals surface area contributed by atoms with Crippen molar-refractivity contribution < 1.29 is 25.8 Å². The topological polar surface area (TPSA) is 61.2 Å². The number of thiophene rings is 1. The Hall–Kier alpha value is -2.33. The van der Waals surface area contributed by atoms with Crippen LogP contribution in [0.25, 0.3) is 21.8 Å².